The maximum Gasteiger partial charge on any atom is 0.193 e. The number of aliphatic imine (C=N–C) groups is 1. The van der Waals surface area contributed by atoms with Crippen molar-refractivity contribution >= 4 is 11.8 Å². The van der Waals surface area contributed by atoms with Crippen LogP contribution in [0.15, 0.2) is 23.2 Å². The summed E-state index contributed by atoms with van der Waals surface area (Å²) in [5.74, 6) is 2.00. The Morgan fingerprint density at radius 2 is 2.18 bits per heavy atom. The van der Waals surface area contributed by atoms with E-state index in [2.05, 4.69) is 32.3 Å². The van der Waals surface area contributed by atoms with Gasteiger partial charge in [0.25, 0.3) is 0 Å². The van der Waals surface area contributed by atoms with Crippen molar-refractivity contribution in [2.24, 2.45) is 10.4 Å². The van der Waals surface area contributed by atoms with Crippen LogP contribution in [0.5, 0.6) is 0 Å². The van der Waals surface area contributed by atoms with E-state index in [-0.39, 0.29) is 0 Å². The van der Waals surface area contributed by atoms with E-state index < -0.39 is 0 Å². The normalized spacial score (nSPS) is 20.1. The zero-order chi connectivity index (χ0) is 15.6. The number of aromatic nitrogens is 1. The van der Waals surface area contributed by atoms with E-state index in [1.807, 2.05) is 32.1 Å². The van der Waals surface area contributed by atoms with Gasteiger partial charge < -0.3 is 15.1 Å². The van der Waals surface area contributed by atoms with Crippen molar-refractivity contribution in [2.75, 3.05) is 39.1 Å². The third kappa shape index (κ3) is 3.03. The fraction of sp³-hybridized carbons (Fsp3) is 0.647. The van der Waals surface area contributed by atoms with Gasteiger partial charge in [-0.1, -0.05) is 12.5 Å². The van der Waals surface area contributed by atoms with E-state index in [4.69, 9.17) is 0 Å². The molecule has 1 N–H and O–H groups in total. The molecule has 5 heteroatoms. The molecular formula is C17H27N5. The van der Waals surface area contributed by atoms with E-state index in [1.54, 1.807) is 0 Å². The molecule has 2 fully saturated rings. The lowest BCUT2D eigenvalue weighted by atomic mass is 9.68. The summed E-state index contributed by atoms with van der Waals surface area (Å²) in [7, 11) is 5.90. The van der Waals surface area contributed by atoms with Crippen LogP contribution in [0.4, 0.5) is 5.82 Å². The monoisotopic (exact) mass is 301 g/mol. The molecule has 1 saturated carbocycles. The molecule has 5 nitrogen and oxygen atoms in total. The summed E-state index contributed by atoms with van der Waals surface area (Å²) >= 11 is 0. The predicted molar refractivity (Wildman–Crippen MR) is 91.2 cm³/mol. The van der Waals surface area contributed by atoms with Crippen molar-refractivity contribution < 1.29 is 0 Å². The maximum absolute atomic E-state index is 4.65. The first-order valence-corrected chi connectivity index (χ1v) is 8.21. The van der Waals surface area contributed by atoms with Crippen LogP contribution in [0, 0.1) is 5.41 Å². The van der Waals surface area contributed by atoms with Crippen LogP contribution in [0.1, 0.15) is 31.4 Å². The van der Waals surface area contributed by atoms with Crippen molar-refractivity contribution in [2.45, 2.75) is 32.2 Å². The van der Waals surface area contributed by atoms with Gasteiger partial charge in [0.05, 0.1) is 12.2 Å². The van der Waals surface area contributed by atoms with Gasteiger partial charge in [-0.05, 0) is 36.8 Å². The highest BCUT2D eigenvalue weighted by Gasteiger charge is 2.43. The molecule has 120 valence electrons. The highest BCUT2D eigenvalue weighted by atomic mass is 15.3. The zero-order valence-corrected chi connectivity index (χ0v) is 14.0. The molecule has 1 aliphatic heterocycles. The quantitative estimate of drug-likeness (QED) is 0.686. The molecule has 22 heavy (non-hydrogen) atoms. The minimum Gasteiger partial charge on any atom is -0.363 e. The third-order valence-electron chi connectivity index (χ3n) is 5.04. The first-order valence-electron chi connectivity index (χ1n) is 8.21. The van der Waals surface area contributed by atoms with Gasteiger partial charge in [0.2, 0.25) is 0 Å². The van der Waals surface area contributed by atoms with Gasteiger partial charge >= 0.3 is 0 Å². The number of hydrogen-bond acceptors (Lipinski definition) is 3. The molecule has 2 heterocycles. The van der Waals surface area contributed by atoms with E-state index >= 15 is 0 Å². The van der Waals surface area contributed by atoms with Crippen molar-refractivity contribution in [1.29, 1.82) is 0 Å². The molecule has 1 aliphatic carbocycles. The Kier molecular flexibility index (Phi) is 4.23. The zero-order valence-electron chi connectivity index (χ0n) is 14.0. The van der Waals surface area contributed by atoms with Crippen LogP contribution in [0.3, 0.4) is 0 Å². The van der Waals surface area contributed by atoms with Crippen molar-refractivity contribution in [1.82, 2.24) is 15.2 Å². The fourth-order valence-electron chi connectivity index (χ4n) is 3.52. The lowest BCUT2D eigenvalue weighted by Crippen LogP contribution is -2.42. The second-order valence-electron chi connectivity index (χ2n) is 6.81. The SMILES string of the molecule is CN=C(NCc1cccc(N(C)C)n1)N1CCC2(CCC2)C1. The van der Waals surface area contributed by atoms with Gasteiger partial charge in [0.1, 0.15) is 5.82 Å². The molecule has 0 unspecified atom stereocenters. The molecule has 3 rings (SSSR count). The Labute approximate surface area is 133 Å². The number of guanidine groups is 1. The van der Waals surface area contributed by atoms with Crippen LogP contribution in [0.2, 0.25) is 0 Å². The van der Waals surface area contributed by atoms with Gasteiger partial charge in [0, 0.05) is 34.2 Å². The topological polar surface area (TPSA) is 43.8 Å². The van der Waals surface area contributed by atoms with Crippen LogP contribution >= 0.6 is 0 Å². The number of hydrogen-bond donors (Lipinski definition) is 1. The van der Waals surface area contributed by atoms with Crippen LogP contribution in [-0.4, -0.2) is 50.1 Å². The highest BCUT2D eigenvalue weighted by Crippen LogP contribution is 2.47. The Morgan fingerprint density at radius 3 is 2.77 bits per heavy atom. The molecule has 2 aliphatic rings. The molecule has 0 radical (unpaired) electrons. The average molecular weight is 301 g/mol. The molecule has 1 spiro atoms. The summed E-state index contributed by atoms with van der Waals surface area (Å²) in [5, 5.41) is 3.47. The summed E-state index contributed by atoms with van der Waals surface area (Å²) in [4.78, 5) is 13.5. The standard InChI is InChI=1S/C17H27N5/c1-18-16(22-11-10-17(13-22)8-5-9-17)19-12-14-6-4-7-15(20-14)21(2)3/h4,6-7H,5,8-13H2,1-3H3,(H,18,19). The fourth-order valence-corrected chi connectivity index (χ4v) is 3.52. The van der Waals surface area contributed by atoms with Crippen LogP contribution in [-0.2, 0) is 6.54 Å². The Hall–Kier alpha value is -1.78. The lowest BCUT2D eigenvalue weighted by molar-refractivity contribution is 0.151. The van der Waals surface area contributed by atoms with Gasteiger partial charge in [-0.3, -0.25) is 4.99 Å². The van der Waals surface area contributed by atoms with Crippen molar-refractivity contribution in [3.63, 3.8) is 0 Å². The van der Waals surface area contributed by atoms with Crippen LogP contribution in [0.25, 0.3) is 0 Å². The van der Waals surface area contributed by atoms with Gasteiger partial charge in [-0.15, -0.1) is 0 Å². The Morgan fingerprint density at radius 1 is 1.36 bits per heavy atom. The number of pyridine rings is 1. The molecule has 1 aromatic rings. The minimum atomic E-state index is 0.598. The van der Waals surface area contributed by atoms with Crippen molar-refractivity contribution in [3.05, 3.63) is 23.9 Å². The number of nitrogens with one attached hydrogen (secondary N) is 1. The Bertz CT molecular complexity index is 548. The number of anilines is 1. The number of likely N-dealkylation sites (tertiary alicyclic amines) is 1. The van der Waals surface area contributed by atoms with E-state index in [0.717, 1.165) is 37.1 Å². The second kappa shape index (κ2) is 6.15. The average Bonchev–Trinajstić information content (AvgIpc) is 2.94. The largest absolute Gasteiger partial charge is 0.363 e. The van der Waals surface area contributed by atoms with Gasteiger partial charge in [-0.2, -0.15) is 0 Å². The first-order chi connectivity index (χ1) is 10.6. The summed E-state index contributed by atoms with van der Waals surface area (Å²) in [5.41, 5.74) is 1.64. The highest BCUT2D eigenvalue weighted by molar-refractivity contribution is 5.80. The Balaban J connectivity index is 1.59. The lowest BCUT2D eigenvalue weighted by Gasteiger charge is -2.38. The number of nitrogens with zero attached hydrogens (tertiary/aromatic N) is 4. The molecule has 0 amide bonds. The first kappa shape index (κ1) is 15.1. The molecule has 0 bridgehead atoms. The van der Waals surface area contributed by atoms with Crippen molar-refractivity contribution in [3.8, 4) is 0 Å². The van der Waals surface area contributed by atoms with Gasteiger partial charge in [0.15, 0.2) is 5.96 Å². The molecule has 1 aromatic heterocycles. The summed E-state index contributed by atoms with van der Waals surface area (Å²) in [6.45, 7) is 3.01. The third-order valence-corrected chi connectivity index (χ3v) is 5.04. The maximum atomic E-state index is 4.65. The van der Waals surface area contributed by atoms with E-state index in [9.17, 15) is 0 Å². The van der Waals surface area contributed by atoms with Gasteiger partial charge in [-0.25, -0.2) is 4.98 Å². The predicted octanol–water partition coefficient (Wildman–Crippen LogP) is 2.10. The molecule has 0 aromatic carbocycles. The summed E-state index contributed by atoms with van der Waals surface area (Å²) in [6, 6.07) is 6.14. The van der Waals surface area contributed by atoms with E-state index in [1.165, 1.54) is 25.7 Å². The smallest absolute Gasteiger partial charge is 0.193 e. The summed E-state index contributed by atoms with van der Waals surface area (Å²) in [6.07, 6.45) is 5.52. The van der Waals surface area contributed by atoms with E-state index in [0.29, 0.717) is 5.41 Å². The minimum absolute atomic E-state index is 0.598. The van der Waals surface area contributed by atoms with Crippen LogP contribution < -0.4 is 10.2 Å². The second-order valence-corrected chi connectivity index (χ2v) is 6.81. The molecule has 1 saturated heterocycles. The summed E-state index contributed by atoms with van der Waals surface area (Å²) < 4.78 is 0. The molecule has 0 atom stereocenters. The molecular weight excluding hydrogens is 274 g/mol. The number of rotatable bonds is 3.